The minimum atomic E-state index is -3.34. The Balaban J connectivity index is 1.69. The zero-order chi connectivity index (χ0) is 13.3. The van der Waals surface area contributed by atoms with Crippen LogP contribution < -0.4 is 10.0 Å². The molecule has 1 aromatic rings. The van der Waals surface area contributed by atoms with Gasteiger partial charge < -0.3 is 5.32 Å². The smallest absolute Gasteiger partial charge is 0.240 e. The molecule has 2 fully saturated rings. The molecule has 0 radical (unpaired) electrons. The molecule has 0 amide bonds. The molecule has 0 aromatic heterocycles. The lowest BCUT2D eigenvalue weighted by Gasteiger charge is -2.26. The first-order chi connectivity index (χ1) is 9.13. The van der Waals surface area contributed by atoms with E-state index in [0.717, 1.165) is 31.4 Å². The highest BCUT2D eigenvalue weighted by atomic mass is 32.2. The van der Waals surface area contributed by atoms with Crippen LogP contribution in [0.2, 0.25) is 0 Å². The van der Waals surface area contributed by atoms with Crippen molar-refractivity contribution in [3.8, 4) is 0 Å². The summed E-state index contributed by atoms with van der Waals surface area (Å²) in [5, 5.41) is 3.40. The van der Waals surface area contributed by atoms with Gasteiger partial charge in [0.2, 0.25) is 10.0 Å². The quantitative estimate of drug-likeness (QED) is 0.835. The third-order valence-corrected chi connectivity index (χ3v) is 5.33. The first kappa shape index (κ1) is 13.1. The molecule has 5 heteroatoms. The van der Waals surface area contributed by atoms with Crippen LogP contribution in [0, 0.1) is 0 Å². The van der Waals surface area contributed by atoms with E-state index in [-0.39, 0.29) is 6.04 Å². The second kappa shape index (κ2) is 5.23. The van der Waals surface area contributed by atoms with Crippen LogP contribution >= 0.6 is 0 Å². The molecule has 2 aliphatic rings. The third kappa shape index (κ3) is 3.35. The molecule has 2 aliphatic carbocycles. The maximum absolute atomic E-state index is 12.2. The van der Waals surface area contributed by atoms with Gasteiger partial charge in [0, 0.05) is 18.6 Å². The van der Waals surface area contributed by atoms with E-state index in [4.69, 9.17) is 0 Å². The van der Waals surface area contributed by atoms with Crippen LogP contribution in [0.15, 0.2) is 29.2 Å². The number of benzene rings is 1. The molecule has 104 valence electrons. The molecule has 0 aliphatic heterocycles. The van der Waals surface area contributed by atoms with Gasteiger partial charge in [0.05, 0.1) is 4.90 Å². The molecule has 3 rings (SSSR count). The van der Waals surface area contributed by atoms with Crippen LogP contribution in [-0.2, 0) is 16.6 Å². The van der Waals surface area contributed by atoms with E-state index in [2.05, 4.69) is 10.0 Å². The van der Waals surface area contributed by atoms with Gasteiger partial charge >= 0.3 is 0 Å². The summed E-state index contributed by atoms with van der Waals surface area (Å²) in [6, 6.07) is 8.00. The maximum atomic E-state index is 12.2. The van der Waals surface area contributed by atoms with Crippen LogP contribution in [0.5, 0.6) is 0 Å². The molecular formula is C14H20N2O2S. The van der Waals surface area contributed by atoms with E-state index in [1.54, 1.807) is 12.1 Å². The van der Waals surface area contributed by atoms with Gasteiger partial charge in [-0.05, 0) is 43.4 Å². The minimum Gasteiger partial charge on any atom is -0.310 e. The largest absolute Gasteiger partial charge is 0.310 e. The zero-order valence-corrected chi connectivity index (χ0v) is 11.7. The summed E-state index contributed by atoms with van der Waals surface area (Å²) in [6.45, 7) is 0.747. The zero-order valence-electron chi connectivity index (χ0n) is 10.9. The van der Waals surface area contributed by atoms with Gasteiger partial charge in [-0.3, -0.25) is 0 Å². The first-order valence-corrected chi connectivity index (χ1v) is 8.46. The normalized spacial score (nSPS) is 20.2. The highest BCUT2D eigenvalue weighted by Crippen LogP contribution is 2.22. The number of hydrogen-bond acceptors (Lipinski definition) is 3. The van der Waals surface area contributed by atoms with Crippen molar-refractivity contribution < 1.29 is 8.42 Å². The highest BCUT2D eigenvalue weighted by Gasteiger charge is 2.25. The van der Waals surface area contributed by atoms with Crippen LogP contribution in [0.1, 0.15) is 37.7 Å². The van der Waals surface area contributed by atoms with Crippen molar-refractivity contribution in [2.45, 2.75) is 55.6 Å². The van der Waals surface area contributed by atoms with Crippen LogP contribution in [0.25, 0.3) is 0 Å². The average molecular weight is 280 g/mol. The lowest BCUT2D eigenvalue weighted by Crippen LogP contribution is -2.39. The summed E-state index contributed by atoms with van der Waals surface area (Å²) in [7, 11) is -3.34. The lowest BCUT2D eigenvalue weighted by atomic mass is 9.94. The molecule has 0 heterocycles. The monoisotopic (exact) mass is 280 g/mol. The number of hydrogen-bond donors (Lipinski definition) is 2. The van der Waals surface area contributed by atoms with E-state index >= 15 is 0 Å². The summed E-state index contributed by atoms with van der Waals surface area (Å²) in [5.74, 6) is 0. The molecule has 0 spiro atoms. The lowest BCUT2D eigenvalue weighted by molar-refractivity contribution is 0.383. The first-order valence-electron chi connectivity index (χ1n) is 6.98. The number of nitrogens with one attached hydrogen (secondary N) is 2. The van der Waals surface area contributed by atoms with Gasteiger partial charge in [-0.1, -0.05) is 18.6 Å². The molecule has 0 bridgehead atoms. The van der Waals surface area contributed by atoms with Crippen molar-refractivity contribution in [3.63, 3.8) is 0 Å². The molecule has 0 unspecified atom stereocenters. The van der Waals surface area contributed by atoms with E-state index in [1.165, 1.54) is 12.8 Å². The van der Waals surface area contributed by atoms with Crippen molar-refractivity contribution in [1.82, 2.24) is 10.0 Å². The van der Waals surface area contributed by atoms with Crippen molar-refractivity contribution >= 4 is 10.0 Å². The van der Waals surface area contributed by atoms with E-state index < -0.39 is 10.0 Å². The minimum absolute atomic E-state index is 0.137. The summed E-state index contributed by atoms with van der Waals surface area (Å²) < 4.78 is 27.2. The molecule has 0 saturated heterocycles. The van der Waals surface area contributed by atoms with Gasteiger partial charge in [0.1, 0.15) is 0 Å². The molecular weight excluding hydrogens is 260 g/mol. The van der Waals surface area contributed by atoms with Crippen LogP contribution in [-0.4, -0.2) is 20.5 Å². The van der Waals surface area contributed by atoms with Crippen molar-refractivity contribution in [1.29, 1.82) is 0 Å². The summed E-state index contributed by atoms with van der Waals surface area (Å²) in [4.78, 5) is 0.384. The van der Waals surface area contributed by atoms with E-state index in [0.29, 0.717) is 10.9 Å². The fourth-order valence-electron chi connectivity index (χ4n) is 2.19. The fraction of sp³-hybridized carbons (Fsp3) is 0.571. The Bertz CT molecular complexity index is 548. The Morgan fingerprint density at radius 3 is 2.53 bits per heavy atom. The third-order valence-electron chi connectivity index (χ3n) is 3.81. The Morgan fingerprint density at radius 1 is 1.11 bits per heavy atom. The summed E-state index contributed by atoms with van der Waals surface area (Å²) >= 11 is 0. The second-order valence-corrected chi connectivity index (χ2v) is 7.27. The molecule has 1 aromatic carbocycles. The number of sulfonamides is 1. The van der Waals surface area contributed by atoms with Gasteiger partial charge in [-0.2, -0.15) is 0 Å². The standard InChI is InChI=1S/C14H20N2O2S/c17-19(18,16-13-4-2-5-13)14-6-1-3-11(9-14)10-15-12-7-8-12/h1,3,6,9,12-13,15-16H,2,4-5,7-8,10H2. The van der Waals surface area contributed by atoms with Gasteiger partial charge in [-0.15, -0.1) is 0 Å². The van der Waals surface area contributed by atoms with Crippen molar-refractivity contribution in [2.75, 3.05) is 0 Å². The predicted octanol–water partition coefficient (Wildman–Crippen LogP) is 1.77. The predicted molar refractivity (Wildman–Crippen MR) is 74.3 cm³/mol. The summed E-state index contributed by atoms with van der Waals surface area (Å²) in [6.07, 6.45) is 5.52. The molecule has 19 heavy (non-hydrogen) atoms. The summed E-state index contributed by atoms with van der Waals surface area (Å²) in [5.41, 5.74) is 1.03. The maximum Gasteiger partial charge on any atom is 0.240 e. The van der Waals surface area contributed by atoms with Crippen molar-refractivity contribution in [3.05, 3.63) is 29.8 Å². The van der Waals surface area contributed by atoms with E-state index in [9.17, 15) is 8.42 Å². The Kier molecular flexibility index (Phi) is 3.60. The topological polar surface area (TPSA) is 58.2 Å². The molecule has 2 N–H and O–H groups in total. The van der Waals surface area contributed by atoms with Crippen LogP contribution in [0.4, 0.5) is 0 Å². The molecule has 4 nitrogen and oxygen atoms in total. The van der Waals surface area contributed by atoms with Gasteiger partial charge in [0.25, 0.3) is 0 Å². The van der Waals surface area contributed by atoms with Crippen LogP contribution in [0.3, 0.4) is 0 Å². The Hall–Kier alpha value is -0.910. The average Bonchev–Trinajstić information content (AvgIpc) is 3.16. The fourth-order valence-corrected chi connectivity index (χ4v) is 3.56. The van der Waals surface area contributed by atoms with Gasteiger partial charge in [0.15, 0.2) is 0 Å². The Morgan fingerprint density at radius 2 is 1.89 bits per heavy atom. The molecule has 0 atom stereocenters. The Labute approximate surface area is 114 Å². The van der Waals surface area contributed by atoms with Crippen molar-refractivity contribution in [2.24, 2.45) is 0 Å². The van der Waals surface area contributed by atoms with E-state index in [1.807, 2.05) is 12.1 Å². The second-order valence-electron chi connectivity index (χ2n) is 5.55. The highest BCUT2D eigenvalue weighted by molar-refractivity contribution is 7.89. The van der Waals surface area contributed by atoms with Gasteiger partial charge in [-0.25, -0.2) is 13.1 Å². The SMILES string of the molecule is O=S(=O)(NC1CCC1)c1cccc(CNC2CC2)c1. The molecule has 2 saturated carbocycles. The number of rotatable bonds is 6.